The highest BCUT2D eigenvalue weighted by molar-refractivity contribution is 14.3. The highest BCUT2D eigenvalue weighted by Gasteiger charge is 2.33. The van der Waals surface area contributed by atoms with Crippen molar-refractivity contribution in [2.45, 2.75) is 13.3 Å². The van der Waals surface area contributed by atoms with Crippen molar-refractivity contribution < 1.29 is 8.85 Å². The Morgan fingerprint density at radius 3 is 2.43 bits per heavy atom. The Bertz CT molecular complexity index is 267. The maximum atomic E-state index is 5.79. The van der Waals surface area contributed by atoms with Crippen LogP contribution in [-0.4, -0.2) is 10.2 Å². The van der Waals surface area contributed by atoms with Crippen LogP contribution in [0.4, 0.5) is 0 Å². The van der Waals surface area contributed by atoms with E-state index in [1.54, 1.807) is 0 Å². The zero-order valence-electron chi connectivity index (χ0n) is 7.87. The molecule has 1 rings (SSSR count). The van der Waals surface area contributed by atoms with E-state index in [2.05, 4.69) is 50.5 Å². The Hall–Kier alpha value is 0.657. The van der Waals surface area contributed by atoms with E-state index in [4.69, 9.17) is 8.85 Å². The van der Waals surface area contributed by atoms with Gasteiger partial charge >= 0.3 is 3.55 Å². The van der Waals surface area contributed by atoms with Crippen molar-refractivity contribution in [2.24, 2.45) is 0 Å². The van der Waals surface area contributed by atoms with E-state index in [-0.39, 0.29) is 0 Å². The second kappa shape index (κ2) is 6.29. The van der Waals surface area contributed by atoms with Gasteiger partial charge in [0.25, 0.3) is 0 Å². The first-order valence-corrected chi connectivity index (χ1v) is 12.4. The number of hydrogen-bond acceptors (Lipinski definition) is 2. The molecule has 0 unspecified atom stereocenters. The molecule has 0 spiro atoms. The van der Waals surface area contributed by atoms with Gasteiger partial charge < -0.3 is 8.85 Å². The average Bonchev–Trinajstić information content (AvgIpc) is 2.16. The van der Waals surface area contributed by atoms with Gasteiger partial charge in [0.15, 0.2) is 0 Å². The van der Waals surface area contributed by atoms with Gasteiger partial charge in [0.05, 0.1) is 0 Å². The Balaban J connectivity index is 2.50. The molecule has 0 aromatic heterocycles. The van der Waals surface area contributed by atoms with Crippen molar-refractivity contribution in [1.82, 2.24) is 0 Å². The molecule has 0 N–H and O–H groups in total. The molecule has 0 fully saturated rings. The summed E-state index contributed by atoms with van der Waals surface area (Å²) in [7, 11) is 0. The number of para-hydroxylation sites is 1. The van der Waals surface area contributed by atoms with Gasteiger partial charge in [-0.05, 0) is 62.1 Å². The molecule has 0 amide bonds. The highest BCUT2D eigenvalue weighted by Crippen LogP contribution is 2.27. The number of halogens is 2. The van der Waals surface area contributed by atoms with Crippen LogP contribution in [0.2, 0.25) is 0 Å². The smallest absolute Gasteiger partial charge is 0.507 e. The molecule has 0 aliphatic rings. The predicted molar refractivity (Wildman–Crippen MR) is 77.1 cm³/mol. The zero-order valence-corrected chi connectivity index (χ0v) is 13.2. The molecule has 0 aliphatic carbocycles. The molecule has 0 radical (unpaired) electrons. The molecule has 2 nitrogen and oxygen atoms in total. The summed E-state index contributed by atoms with van der Waals surface area (Å²) in [6.45, 7) is 2.87. The lowest BCUT2D eigenvalue weighted by Gasteiger charge is -2.19. The fourth-order valence-electron chi connectivity index (χ4n) is 0.876. The number of hydrogen-bond donors (Lipinski definition) is 0. The van der Waals surface area contributed by atoms with Crippen LogP contribution in [0.25, 0.3) is 0 Å². The van der Waals surface area contributed by atoms with Gasteiger partial charge in [0, 0.05) is 6.61 Å². The summed E-state index contributed by atoms with van der Waals surface area (Å²) in [5, 5.41) is 0. The van der Waals surface area contributed by atoms with Crippen LogP contribution in [0, 0.1) is 0 Å². The van der Waals surface area contributed by atoms with Crippen LogP contribution >= 0.6 is 43.6 Å². The monoisotopic (exact) mass is 434 g/mol. The maximum Gasteiger partial charge on any atom is 0.537 e. The molecule has 0 heterocycles. The molecule has 0 atom stereocenters. The third kappa shape index (κ3) is 4.94. The maximum absolute atomic E-state index is 5.79. The van der Waals surface area contributed by atoms with Gasteiger partial charge in [-0.2, -0.15) is 0 Å². The molecule has 5 heteroatoms. The second-order valence-electron chi connectivity index (χ2n) is 2.73. The van der Waals surface area contributed by atoms with E-state index in [1.165, 1.54) is 0 Å². The van der Waals surface area contributed by atoms with Crippen molar-refractivity contribution >= 4 is 47.1 Å². The Morgan fingerprint density at radius 1 is 1.21 bits per heavy atom. The van der Waals surface area contributed by atoms with Crippen LogP contribution in [0.15, 0.2) is 30.3 Å². The first-order valence-electron chi connectivity index (χ1n) is 4.40. The summed E-state index contributed by atoms with van der Waals surface area (Å²) >= 11 is 4.57. The van der Waals surface area contributed by atoms with Gasteiger partial charge in [0.2, 0.25) is 0 Å². The average molecular weight is 434 g/mol. The van der Waals surface area contributed by atoms with Gasteiger partial charge in [-0.25, -0.2) is 0 Å². The Kier molecular flexibility index (Phi) is 5.71. The third-order valence-corrected chi connectivity index (χ3v) is 5.66. The quantitative estimate of drug-likeness (QED) is 0.399. The largest absolute Gasteiger partial charge is 0.537 e. The minimum absolute atomic E-state index is 0.769. The first-order chi connectivity index (χ1) is 6.64. The first kappa shape index (κ1) is 12.7. The molecule has 0 saturated carbocycles. The minimum Gasteiger partial charge on any atom is -0.507 e. The lowest BCUT2D eigenvalue weighted by atomic mass is 10.3. The molecule has 14 heavy (non-hydrogen) atoms. The van der Waals surface area contributed by atoms with Gasteiger partial charge in [0.1, 0.15) is 5.75 Å². The highest BCUT2D eigenvalue weighted by atomic mass is 127. The summed E-state index contributed by atoms with van der Waals surface area (Å²) in [6, 6.07) is 9.81. The number of rotatable bonds is 5. The normalized spacial score (nSPS) is 11.4. The van der Waals surface area contributed by atoms with Crippen molar-refractivity contribution in [1.29, 1.82) is 0 Å². The molecule has 0 aliphatic heterocycles. The fraction of sp³-hybridized carbons (Fsp3) is 0.333. The van der Waals surface area contributed by atoms with Gasteiger partial charge in [-0.15, -0.1) is 0 Å². The van der Waals surface area contributed by atoms with Crippen molar-refractivity contribution in [3.63, 3.8) is 0 Å². The summed E-state index contributed by atoms with van der Waals surface area (Å²) in [6.07, 6.45) is 1.03. The molecule has 0 saturated heterocycles. The molecular formula is C9H12I2O2Si. The van der Waals surface area contributed by atoms with Gasteiger partial charge in [-0.1, -0.05) is 25.1 Å². The second-order valence-corrected chi connectivity index (χ2v) is 18.9. The van der Waals surface area contributed by atoms with Crippen LogP contribution in [0.1, 0.15) is 13.3 Å². The summed E-state index contributed by atoms with van der Waals surface area (Å²) in [5.41, 5.74) is 0. The van der Waals surface area contributed by atoms with Crippen LogP contribution in [-0.2, 0) is 4.43 Å². The predicted octanol–water partition coefficient (Wildman–Crippen LogP) is 3.80. The van der Waals surface area contributed by atoms with Crippen LogP contribution in [0.3, 0.4) is 0 Å². The molecule has 1 aromatic rings. The minimum atomic E-state index is -2.03. The van der Waals surface area contributed by atoms with Crippen molar-refractivity contribution in [3.8, 4) is 5.75 Å². The van der Waals surface area contributed by atoms with E-state index < -0.39 is 3.55 Å². The van der Waals surface area contributed by atoms with E-state index >= 15 is 0 Å². The summed E-state index contributed by atoms with van der Waals surface area (Å²) in [4.78, 5) is 0. The lowest BCUT2D eigenvalue weighted by molar-refractivity contribution is 0.283. The third-order valence-electron chi connectivity index (χ3n) is 1.45. The fourth-order valence-corrected chi connectivity index (χ4v) is 4.63. The van der Waals surface area contributed by atoms with Crippen LogP contribution in [0.5, 0.6) is 5.75 Å². The van der Waals surface area contributed by atoms with E-state index in [9.17, 15) is 0 Å². The molecule has 0 bridgehead atoms. The van der Waals surface area contributed by atoms with Crippen LogP contribution < -0.4 is 4.43 Å². The zero-order chi connectivity index (χ0) is 10.4. The van der Waals surface area contributed by atoms with Gasteiger partial charge in [-0.3, -0.25) is 0 Å². The molecule has 78 valence electrons. The lowest BCUT2D eigenvalue weighted by Crippen LogP contribution is -2.31. The standard InChI is InChI=1S/C9H12I2O2Si/c1-2-8-12-14(10,11)13-9-6-4-3-5-7-9/h3-7H,2,8H2,1H3. The summed E-state index contributed by atoms with van der Waals surface area (Å²) in [5.74, 6) is 0.888. The van der Waals surface area contributed by atoms with Crippen molar-refractivity contribution in [3.05, 3.63) is 30.3 Å². The van der Waals surface area contributed by atoms with E-state index in [1.807, 2.05) is 30.3 Å². The SMILES string of the molecule is CCCO[Si](I)(I)Oc1ccccc1. The van der Waals surface area contributed by atoms with E-state index in [0.29, 0.717) is 0 Å². The van der Waals surface area contributed by atoms with Crippen molar-refractivity contribution in [2.75, 3.05) is 6.61 Å². The number of benzene rings is 1. The molecule has 1 aromatic carbocycles. The Labute approximate surface area is 111 Å². The van der Waals surface area contributed by atoms with E-state index in [0.717, 1.165) is 18.8 Å². The topological polar surface area (TPSA) is 18.5 Å². The summed E-state index contributed by atoms with van der Waals surface area (Å²) < 4.78 is 9.44. The Morgan fingerprint density at radius 2 is 1.86 bits per heavy atom. The molecular weight excluding hydrogens is 422 g/mol.